The number of H-pyrrole nitrogens is 1. The summed E-state index contributed by atoms with van der Waals surface area (Å²) < 4.78 is 13.3. The normalized spacial score (nSPS) is 10.8. The quantitative estimate of drug-likeness (QED) is 0.815. The Labute approximate surface area is 101 Å². The molecule has 2 aromatic rings. The molecule has 1 aromatic carbocycles. The molecule has 2 rings (SSSR count). The highest BCUT2D eigenvalue weighted by molar-refractivity contribution is 6.39. The zero-order chi connectivity index (χ0) is 11.7. The van der Waals surface area contributed by atoms with E-state index in [1.807, 2.05) is 0 Å². The monoisotopic (exact) mass is 259 g/mol. The number of nitrogens with one attached hydrogen (secondary N) is 1. The summed E-state index contributed by atoms with van der Waals surface area (Å²) in [6.07, 6.45) is 0. The lowest BCUT2D eigenvalue weighted by Crippen LogP contribution is -1.95. The molecule has 6 heteroatoms. The van der Waals surface area contributed by atoms with Gasteiger partial charge in [0.1, 0.15) is 5.82 Å². The largest absolute Gasteiger partial charge is 0.325 e. The van der Waals surface area contributed by atoms with Crippen LogP contribution in [0.25, 0.3) is 11.3 Å². The van der Waals surface area contributed by atoms with Crippen molar-refractivity contribution in [3.8, 4) is 11.3 Å². The van der Waals surface area contributed by atoms with Gasteiger partial charge in [-0.3, -0.25) is 5.10 Å². The number of aromatic amines is 1. The molecule has 3 nitrogen and oxygen atoms in total. The molecular formula is C10H8Cl2FN3. The van der Waals surface area contributed by atoms with Crippen LogP contribution in [0.4, 0.5) is 4.39 Å². The van der Waals surface area contributed by atoms with Gasteiger partial charge in [0.25, 0.3) is 0 Å². The van der Waals surface area contributed by atoms with Gasteiger partial charge in [0.05, 0.1) is 15.7 Å². The third-order valence-corrected chi connectivity index (χ3v) is 2.84. The highest BCUT2D eigenvalue weighted by Crippen LogP contribution is 2.35. The lowest BCUT2D eigenvalue weighted by Gasteiger charge is -2.04. The summed E-state index contributed by atoms with van der Waals surface area (Å²) in [7, 11) is 0. The van der Waals surface area contributed by atoms with Crippen molar-refractivity contribution in [2.75, 3.05) is 0 Å². The molecule has 0 aliphatic carbocycles. The molecule has 0 saturated carbocycles. The zero-order valence-electron chi connectivity index (χ0n) is 8.10. The second-order valence-electron chi connectivity index (χ2n) is 3.20. The first-order chi connectivity index (χ1) is 7.63. The van der Waals surface area contributed by atoms with Gasteiger partial charge < -0.3 is 5.73 Å². The number of nitrogens with two attached hydrogens (primary N) is 1. The maximum absolute atomic E-state index is 13.3. The van der Waals surface area contributed by atoms with Gasteiger partial charge >= 0.3 is 0 Å². The molecule has 1 aromatic heterocycles. The standard InChI is InChI=1S/C10H8Cl2FN3/c11-6-1-2-7(13)10(12)9(6)8-3-5(4-14)15-16-8/h1-3H,4,14H2,(H,15,16). The Morgan fingerprint density at radius 1 is 1.38 bits per heavy atom. The Balaban J connectivity index is 2.58. The van der Waals surface area contributed by atoms with Crippen molar-refractivity contribution in [2.45, 2.75) is 6.54 Å². The number of rotatable bonds is 2. The first-order valence-corrected chi connectivity index (χ1v) is 5.27. The Morgan fingerprint density at radius 2 is 2.12 bits per heavy atom. The SMILES string of the molecule is NCc1cc(-c2c(Cl)ccc(F)c2Cl)n[nH]1. The summed E-state index contributed by atoms with van der Waals surface area (Å²) in [5, 5.41) is 7.00. The van der Waals surface area contributed by atoms with E-state index in [0.717, 1.165) is 5.69 Å². The molecule has 0 bridgehead atoms. The van der Waals surface area contributed by atoms with E-state index in [0.29, 0.717) is 22.8 Å². The predicted octanol–water partition coefficient (Wildman–Crippen LogP) is 2.98. The summed E-state index contributed by atoms with van der Waals surface area (Å²) in [5.41, 5.74) is 7.02. The lowest BCUT2D eigenvalue weighted by molar-refractivity contribution is 0.628. The fraction of sp³-hybridized carbons (Fsp3) is 0.100. The molecule has 0 aliphatic heterocycles. The first-order valence-electron chi connectivity index (χ1n) is 4.51. The van der Waals surface area contributed by atoms with Crippen molar-refractivity contribution < 1.29 is 4.39 Å². The molecular weight excluding hydrogens is 252 g/mol. The average Bonchev–Trinajstić information content (AvgIpc) is 2.73. The van der Waals surface area contributed by atoms with Gasteiger partial charge in [0, 0.05) is 17.8 Å². The lowest BCUT2D eigenvalue weighted by atomic mass is 10.1. The minimum atomic E-state index is -0.529. The van der Waals surface area contributed by atoms with Gasteiger partial charge in [-0.2, -0.15) is 5.10 Å². The van der Waals surface area contributed by atoms with Crippen LogP contribution >= 0.6 is 23.2 Å². The second kappa shape index (κ2) is 4.41. The van der Waals surface area contributed by atoms with Crippen LogP contribution in [-0.2, 0) is 6.54 Å². The van der Waals surface area contributed by atoms with Crippen LogP contribution in [0.2, 0.25) is 10.0 Å². The molecule has 1 heterocycles. The maximum Gasteiger partial charge on any atom is 0.142 e. The van der Waals surface area contributed by atoms with E-state index in [9.17, 15) is 4.39 Å². The molecule has 0 aliphatic rings. The molecule has 0 saturated heterocycles. The number of hydrogen-bond donors (Lipinski definition) is 2. The molecule has 0 spiro atoms. The van der Waals surface area contributed by atoms with Gasteiger partial charge in [0.15, 0.2) is 0 Å². The summed E-state index contributed by atoms with van der Waals surface area (Å²) in [6.45, 7) is 0.317. The summed E-state index contributed by atoms with van der Waals surface area (Å²) in [5.74, 6) is -0.529. The van der Waals surface area contributed by atoms with E-state index < -0.39 is 5.82 Å². The van der Waals surface area contributed by atoms with Gasteiger partial charge in [-0.05, 0) is 18.2 Å². The van der Waals surface area contributed by atoms with Crippen molar-refractivity contribution >= 4 is 23.2 Å². The number of aromatic nitrogens is 2. The smallest absolute Gasteiger partial charge is 0.142 e. The second-order valence-corrected chi connectivity index (χ2v) is 3.99. The van der Waals surface area contributed by atoms with E-state index in [-0.39, 0.29) is 5.02 Å². The highest BCUT2D eigenvalue weighted by atomic mass is 35.5. The van der Waals surface area contributed by atoms with Crippen LogP contribution in [0.1, 0.15) is 5.69 Å². The fourth-order valence-corrected chi connectivity index (χ4v) is 1.92. The Kier molecular flexibility index (Phi) is 3.14. The van der Waals surface area contributed by atoms with Crippen LogP contribution < -0.4 is 5.73 Å². The van der Waals surface area contributed by atoms with Crippen LogP contribution in [0.5, 0.6) is 0 Å². The molecule has 16 heavy (non-hydrogen) atoms. The van der Waals surface area contributed by atoms with Crippen molar-refractivity contribution in [1.82, 2.24) is 10.2 Å². The van der Waals surface area contributed by atoms with Crippen molar-refractivity contribution in [3.05, 3.63) is 39.8 Å². The van der Waals surface area contributed by atoms with E-state index in [2.05, 4.69) is 10.2 Å². The maximum atomic E-state index is 13.3. The first kappa shape index (κ1) is 11.4. The van der Waals surface area contributed by atoms with E-state index in [4.69, 9.17) is 28.9 Å². The van der Waals surface area contributed by atoms with Crippen LogP contribution in [0.3, 0.4) is 0 Å². The molecule has 0 radical (unpaired) electrons. The van der Waals surface area contributed by atoms with Gasteiger partial charge in [-0.25, -0.2) is 4.39 Å². The van der Waals surface area contributed by atoms with E-state index in [1.54, 1.807) is 6.07 Å². The third kappa shape index (κ3) is 1.91. The zero-order valence-corrected chi connectivity index (χ0v) is 9.61. The molecule has 0 fully saturated rings. The van der Waals surface area contributed by atoms with Gasteiger partial charge in [-0.15, -0.1) is 0 Å². The van der Waals surface area contributed by atoms with E-state index >= 15 is 0 Å². The molecule has 0 unspecified atom stereocenters. The van der Waals surface area contributed by atoms with E-state index in [1.165, 1.54) is 12.1 Å². The van der Waals surface area contributed by atoms with Gasteiger partial charge in [-0.1, -0.05) is 23.2 Å². The van der Waals surface area contributed by atoms with Crippen LogP contribution in [-0.4, -0.2) is 10.2 Å². The predicted molar refractivity (Wildman–Crippen MR) is 61.9 cm³/mol. The highest BCUT2D eigenvalue weighted by Gasteiger charge is 2.15. The minimum absolute atomic E-state index is 0.0393. The van der Waals surface area contributed by atoms with Crippen molar-refractivity contribution in [1.29, 1.82) is 0 Å². The molecule has 84 valence electrons. The molecule has 3 N–H and O–H groups in total. The average molecular weight is 260 g/mol. The Bertz CT molecular complexity index is 525. The van der Waals surface area contributed by atoms with Gasteiger partial charge in [0.2, 0.25) is 0 Å². The minimum Gasteiger partial charge on any atom is -0.325 e. The van der Waals surface area contributed by atoms with Crippen molar-refractivity contribution in [3.63, 3.8) is 0 Å². The number of benzene rings is 1. The fourth-order valence-electron chi connectivity index (χ4n) is 1.36. The Hall–Kier alpha value is -1.10. The van der Waals surface area contributed by atoms with Crippen molar-refractivity contribution in [2.24, 2.45) is 5.73 Å². The topological polar surface area (TPSA) is 54.7 Å². The number of halogens is 3. The third-order valence-electron chi connectivity index (χ3n) is 2.15. The van der Waals surface area contributed by atoms with Crippen LogP contribution in [0, 0.1) is 5.82 Å². The molecule has 0 amide bonds. The van der Waals surface area contributed by atoms with Crippen LogP contribution in [0.15, 0.2) is 18.2 Å². The summed E-state index contributed by atoms with van der Waals surface area (Å²) in [6, 6.07) is 4.34. The molecule has 0 atom stereocenters. The summed E-state index contributed by atoms with van der Waals surface area (Å²) >= 11 is 11.8. The summed E-state index contributed by atoms with van der Waals surface area (Å²) in [4.78, 5) is 0. The Morgan fingerprint density at radius 3 is 2.75 bits per heavy atom. The number of nitrogens with zero attached hydrogens (tertiary/aromatic N) is 1. The number of hydrogen-bond acceptors (Lipinski definition) is 2.